The summed E-state index contributed by atoms with van der Waals surface area (Å²) >= 11 is 0. The molecule has 10 heteroatoms. The molecule has 0 amide bonds. The number of aliphatic hydroxyl groups is 1. The molecule has 0 saturated carbocycles. The van der Waals surface area contributed by atoms with E-state index in [2.05, 4.69) is 5.32 Å². The third-order valence-electron chi connectivity index (χ3n) is 3.73. The van der Waals surface area contributed by atoms with Crippen molar-refractivity contribution in [3.05, 3.63) is 66.3 Å². The molecule has 1 atom stereocenters. The number of anilines is 1. The van der Waals surface area contributed by atoms with E-state index in [1.807, 2.05) is 0 Å². The Morgan fingerprint density at radius 3 is 2.40 bits per heavy atom. The van der Waals surface area contributed by atoms with Gasteiger partial charge in [0.25, 0.3) is 11.2 Å². The highest BCUT2D eigenvalue weighted by atomic mass is 16.6. The molecule has 2 rings (SSSR count). The monoisotopic (exact) mass is 345 g/mol. The second kappa shape index (κ2) is 6.98. The number of nitro groups is 1. The molecule has 2 aromatic rings. The zero-order chi connectivity index (χ0) is 18.7. The molecule has 1 aromatic heterocycles. The Balaban J connectivity index is 2.27. The fourth-order valence-corrected chi connectivity index (χ4v) is 2.28. The van der Waals surface area contributed by atoms with Crippen LogP contribution in [0.2, 0.25) is 0 Å². The Morgan fingerprint density at radius 2 is 1.88 bits per heavy atom. The van der Waals surface area contributed by atoms with Gasteiger partial charge in [-0.2, -0.15) is 5.26 Å². The summed E-state index contributed by atoms with van der Waals surface area (Å²) in [6.07, 6.45) is -1.06. The van der Waals surface area contributed by atoms with E-state index in [4.69, 9.17) is 5.26 Å². The minimum Gasteiger partial charge on any atom is -0.387 e. The van der Waals surface area contributed by atoms with E-state index >= 15 is 0 Å². The standard InChI is InChI=1S/C15H15N5O5/c1-18-13(11(7-16)14(22)19(2)15(18)23)17-8-12(21)9-3-5-10(6-4-9)20(24)25/h3-6,12,17,21H,8H2,1-2H3. The molecule has 0 fully saturated rings. The molecule has 130 valence electrons. The van der Waals surface area contributed by atoms with Crippen LogP contribution in [-0.4, -0.2) is 25.7 Å². The van der Waals surface area contributed by atoms with Crippen molar-refractivity contribution in [1.29, 1.82) is 5.26 Å². The number of aliphatic hydroxyl groups excluding tert-OH is 1. The average molecular weight is 345 g/mol. The van der Waals surface area contributed by atoms with Crippen LogP contribution >= 0.6 is 0 Å². The van der Waals surface area contributed by atoms with E-state index in [1.165, 1.54) is 38.4 Å². The van der Waals surface area contributed by atoms with Crippen molar-refractivity contribution < 1.29 is 10.0 Å². The van der Waals surface area contributed by atoms with Crippen LogP contribution in [0.25, 0.3) is 0 Å². The summed E-state index contributed by atoms with van der Waals surface area (Å²) < 4.78 is 1.92. The van der Waals surface area contributed by atoms with Crippen molar-refractivity contribution in [2.45, 2.75) is 6.10 Å². The lowest BCUT2D eigenvalue weighted by atomic mass is 10.1. The molecule has 25 heavy (non-hydrogen) atoms. The maximum atomic E-state index is 12.0. The third-order valence-corrected chi connectivity index (χ3v) is 3.73. The Kier molecular flexibility index (Phi) is 5.00. The van der Waals surface area contributed by atoms with E-state index in [1.54, 1.807) is 6.07 Å². The number of hydrogen-bond donors (Lipinski definition) is 2. The van der Waals surface area contributed by atoms with Crippen LogP contribution in [0.4, 0.5) is 11.5 Å². The molecule has 1 heterocycles. The summed E-state index contributed by atoms with van der Waals surface area (Å²) in [6, 6.07) is 7.06. The highest BCUT2D eigenvalue weighted by Gasteiger charge is 2.17. The molecule has 10 nitrogen and oxygen atoms in total. The Morgan fingerprint density at radius 1 is 1.28 bits per heavy atom. The third kappa shape index (κ3) is 3.41. The summed E-state index contributed by atoms with van der Waals surface area (Å²) in [5, 5.41) is 32.7. The van der Waals surface area contributed by atoms with Gasteiger partial charge in [0.05, 0.1) is 11.0 Å². The Bertz CT molecular complexity index is 968. The van der Waals surface area contributed by atoms with Gasteiger partial charge >= 0.3 is 5.69 Å². The highest BCUT2D eigenvalue weighted by molar-refractivity contribution is 5.51. The molecular formula is C15H15N5O5. The van der Waals surface area contributed by atoms with Crippen LogP contribution in [-0.2, 0) is 14.1 Å². The zero-order valence-corrected chi connectivity index (χ0v) is 13.5. The van der Waals surface area contributed by atoms with Crippen LogP contribution in [0, 0.1) is 21.4 Å². The fraction of sp³-hybridized carbons (Fsp3) is 0.267. The predicted octanol–water partition coefficient (Wildman–Crippen LogP) is 0.00938. The van der Waals surface area contributed by atoms with E-state index < -0.39 is 22.3 Å². The SMILES string of the molecule is Cn1c(NCC(O)c2ccc([N+](=O)[O-])cc2)c(C#N)c(=O)n(C)c1=O. The second-order valence-electron chi connectivity index (χ2n) is 5.29. The summed E-state index contributed by atoms with van der Waals surface area (Å²) in [7, 11) is 2.66. The second-order valence-corrected chi connectivity index (χ2v) is 5.29. The molecular weight excluding hydrogens is 330 g/mol. The van der Waals surface area contributed by atoms with E-state index in [0.29, 0.717) is 5.56 Å². The maximum Gasteiger partial charge on any atom is 0.332 e. The van der Waals surface area contributed by atoms with Gasteiger partial charge in [-0.3, -0.25) is 24.0 Å². The summed E-state index contributed by atoms with van der Waals surface area (Å²) in [6.45, 7) is -0.104. The molecule has 2 N–H and O–H groups in total. The minimum absolute atomic E-state index is 0.00318. The lowest BCUT2D eigenvalue weighted by molar-refractivity contribution is -0.384. The molecule has 0 spiro atoms. The number of non-ortho nitro benzene ring substituents is 1. The Labute approximate surface area is 141 Å². The molecule has 0 aliphatic heterocycles. The first-order valence-electron chi connectivity index (χ1n) is 7.14. The lowest BCUT2D eigenvalue weighted by Gasteiger charge is -2.16. The lowest BCUT2D eigenvalue weighted by Crippen LogP contribution is -2.40. The quantitative estimate of drug-likeness (QED) is 0.574. The van der Waals surface area contributed by atoms with E-state index in [-0.39, 0.29) is 23.6 Å². The number of nitrogens with zero attached hydrogens (tertiary/aromatic N) is 4. The van der Waals surface area contributed by atoms with Gasteiger partial charge in [-0.05, 0) is 17.7 Å². The summed E-state index contributed by atoms with van der Waals surface area (Å²) in [4.78, 5) is 34.0. The van der Waals surface area contributed by atoms with E-state index in [9.17, 15) is 24.8 Å². The number of benzene rings is 1. The van der Waals surface area contributed by atoms with Gasteiger partial charge in [-0.15, -0.1) is 0 Å². The van der Waals surface area contributed by atoms with Crippen molar-refractivity contribution in [2.75, 3.05) is 11.9 Å². The van der Waals surface area contributed by atoms with Crippen molar-refractivity contribution in [3.63, 3.8) is 0 Å². The molecule has 0 radical (unpaired) electrons. The first kappa shape index (κ1) is 17.9. The van der Waals surface area contributed by atoms with Gasteiger partial charge < -0.3 is 10.4 Å². The van der Waals surface area contributed by atoms with Crippen LogP contribution in [0.5, 0.6) is 0 Å². The molecule has 0 aliphatic carbocycles. The van der Waals surface area contributed by atoms with Gasteiger partial charge in [0.1, 0.15) is 11.9 Å². The minimum atomic E-state index is -1.06. The Hall–Kier alpha value is -3.45. The first-order valence-corrected chi connectivity index (χ1v) is 7.14. The van der Waals surface area contributed by atoms with Crippen molar-refractivity contribution >= 4 is 11.5 Å². The van der Waals surface area contributed by atoms with Crippen molar-refractivity contribution in [2.24, 2.45) is 14.1 Å². The van der Waals surface area contributed by atoms with Crippen LogP contribution in [0.1, 0.15) is 17.2 Å². The maximum absolute atomic E-state index is 12.0. The van der Waals surface area contributed by atoms with Crippen molar-refractivity contribution in [1.82, 2.24) is 9.13 Å². The predicted molar refractivity (Wildman–Crippen MR) is 88.2 cm³/mol. The summed E-state index contributed by atoms with van der Waals surface area (Å²) in [5.74, 6) is -0.00318. The number of nitrogens with one attached hydrogen (secondary N) is 1. The number of nitriles is 1. The fourth-order valence-electron chi connectivity index (χ4n) is 2.28. The van der Waals surface area contributed by atoms with Gasteiger partial charge in [-0.1, -0.05) is 0 Å². The van der Waals surface area contributed by atoms with E-state index in [0.717, 1.165) is 9.13 Å². The first-order chi connectivity index (χ1) is 11.8. The number of aromatic nitrogens is 2. The zero-order valence-electron chi connectivity index (χ0n) is 13.5. The molecule has 0 saturated heterocycles. The highest BCUT2D eigenvalue weighted by Crippen LogP contribution is 2.18. The van der Waals surface area contributed by atoms with Gasteiger partial charge in [-0.25, -0.2) is 4.79 Å². The smallest absolute Gasteiger partial charge is 0.332 e. The van der Waals surface area contributed by atoms with Gasteiger partial charge in [0.2, 0.25) is 0 Å². The topological polar surface area (TPSA) is 143 Å². The van der Waals surface area contributed by atoms with Crippen LogP contribution in [0.3, 0.4) is 0 Å². The van der Waals surface area contributed by atoms with Crippen molar-refractivity contribution in [3.8, 4) is 6.07 Å². The molecule has 0 aliphatic rings. The van der Waals surface area contributed by atoms with Gasteiger partial charge in [0.15, 0.2) is 5.56 Å². The normalized spacial score (nSPS) is 11.6. The van der Waals surface area contributed by atoms with Gasteiger partial charge in [0, 0.05) is 32.8 Å². The van der Waals surface area contributed by atoms with Crippen LogP contribution < -0.4 is 16.6 Å². The number of hydrogen-bond acceptors (Lipinski definition) is 7. The molecule has 0 bridgehead atoms. The number of rotatable bonds is 5. The molecule has 1 aromatic carbocycles. The average Bonchev–Trinajstić information content (AvgIpc) is 2.61. The molecule has 1 unspecified atom stereocenters. The number of nitro benzene ring substituents is 1. The summed E-state index contributed by atoms with van der Waals surface area (Å²) in [5.41, 5.74) is -1.30. The van der Waals surface area contributed by atoms with Crippen LogP contribution in [0.15, 0.2) is 33.9 Å². The largest absolute Gasteiger partial charge is 0.387 e.